The Bertz CT molecular complexity index is 188. The zero-order valence-corrected chi connectivity index (χ0v) is 6.84. The molecule has 0 aliphatic heterocycles. The average Bonchev–Trinajstić information content (AvgIpc) is 2.40. The van der Waals surface area contributed by atoms with Crippen LogP contribution in [0.15, 0.2) is 17.5 Å². The molecule has 0 bridgehead atoms. The van der Waals surface area contributed by atoms with Crippen LogP contribution in [-0.2, 0) is 0 Å². The lowest BCUT2D eigenvalue weighted by molar-refractivity contribution is 0.156. The molecule has 0 saturated carbocycles. The van der Waals surface area contributed by atoms with Gasteiger partial charge in [-0.05, 0) is 17.5 Å². The Balaban J connectivity index is 2.31. The molecule has 0 aliphatic carbocycles. The number of rotatable bonds is 4. The molecule has 1 aromatic rings. The molecule has 0 fully saturated rings. The Hall–Kier alpha value is -0.580. The quantitative estimate of drug-likeness (QED) is 0.592. The summed E-state index contributed by atoms with van der Waals surface area (Å²) in [6.07, 6.45) is -0.281. The van der Waals surface area contributed by atoms with E-state index in [2.05, 4.69) is 5.32 Å². The molecule has 62 valence electrons. The Morgan fingerprint density at radius 2 is 2.45 bits per heavy atom. The lowest BCUT2D eigenvalue weighted by Crippen LogP contribution is -2.18. The van der Waals surface area contributed by atoms with E-state index >= 15 is 0 Å². The van der Waals surface area contributed by atoms with Crippen LogP contribution in [0.5, 0.6) is 0 Å². The largest absolute Gasteiger partial charge is 0.396 e. The fourth-order valence-corrected chi connectivity index (χ4v) is 1.38. The summed E-state index contributed by atoms with van der Waals surface area (Å²) in [7, 11) is 0. The molecule has 0 aromatic carbocycles. The third-order valence-electron chi connectivity index (χ3n) is 1.23. The summed E-state index contributed by atoms with van der Waals surface area (Å²) in [5.41, 5.74) is 0. The van der Waals surface area contributed by atoms with Crippen molar-refractivity contribution in [3.63, 3.8) is 0 Å². The highest BCUT2D eigenvalue weighted by Crippen LogP contribution is 2.15. The maximum Gasteiger partial charge on any atom is 0.127 e. The molecular weight excluding hydrogens is 162 g/mol. The molecule has 3 N–H and O–H groups in total. The van der Waals surface area contributed by atoms with Gasteiger partial charge in [0.05, 0.1) is 5.00 Å². The van der Waals surface area contributed by atoms with Gasteiger partial charge in [-0.15, -0.1) is 11.3 Å². The predicted molar refractivity (Wildman–Crippen MR) is 45.7 cm³/mol. The highest BCUT2D eigenvalue weighted by atomic mass is 32.1. The molecule has 1 unspecified atom stereocenters. The molecule has 11 heavy (non-hydrogen) atoms. The third-order valence-corrected chi connectivity index (χ3v) is 2.03. The van der Waals surface area contributed by atoms with Crippen molar-refractivity contribution in [2.75, 3.05) is 11.9 Å². The van der Waals surface area contributed by atoms with E-state index in [4.69, 9.17) is 10.2 Å². The second-order valence-electron chi connectivity index (χ2n) is 2.15. The zero-order chi connectivity index (χ0) is 8.10. The lowest BCUT2D eigenvalue weighted by atomic mass is 10.4. The summed E-state index contributed by atoms with van der Waals surface area (Å²) in [4.78, 5) is 0. The molecule has 1 heterocycles. The highest BCUT2D eigenvalue weighted by molar-refractivity contribution is 7.14. The average molecular weight is 173 g/mol. The SMILES string of the molecule is OCCC(O)Nc1cccs1. The van der Waals surface area contributed by atoms with Gasteiger partial charge < -0.3 is 15.5 Å². The van der Waals surface area contributed by atoms with Crippen molar-refractivity contribution >= 4 is 16.3 Å². The van der Waals surface area contributed by atoms with Gasteiger partial charge in [0.2, 0.25) is 0 Å². The number of aliphatic hydroxyl groups is 2. The Labute approximate surface area is 69.3 Å². The molecule has 1 rings (SSSR count). The van der Waals surface area contributed by atoms with Crippen LogP contribution < -0.4 is 5.32 Å². The van der Waals surface area contributed by atoms with E-state index < -0.39 is 6.23 Å². The minimum absolute atomic E-state index is 0.000454. The van der Waals surface area contributed by atoms with Crippen LogP contribution in [0.1, 0.15) is 6.42 Å². The summed E-state index contributed by atoms with van der Waals surface area (Å²) in [6.45, 7) is -0.000454. The number of aliphatic hydroxyl groups excluding tert-OH is 2. The van der Waals surface area contributed by atoms with E-state index in [0.29, 0.717) is 6.42 Å². The van der Waals surface area contributed by atoms with Crippen molar-refractivity contribution in [3.05, 3.63) is 17.5 Å². The first-order valence-electron chi connectivity index (χ1n) is 3.42. The van der Waals surface area contributed by atoms with Crippen molar-refractivity contribution in [1.29, 1.82) is 0 Å². The van der Waals surface area contributed by atoms with Crippen LogP contribution in [0.4, 0.5) is 5.00 Å². The number of hydrogen-bond acceptors (Lipinski definition) is 4. The van der Waals surface area contributed by atoms with Gasteiger partial charge >= 0.3 is 0 Å². The molecule has 1 atom stereocenters. The van der Waals surface area contributed by atoms with Gasteiger partial charge in [-0.1, -0.05) is 0 Å². The Kier molecular flexibility index (Phi) is 3.35. The third kappa shape index (κ3) is 2.88. The summed E-state index contributed by atoms with van der Waals surface area (Å²) >= 11 is 1.52. The van der Waals surface area contributed by atoms with Gasteiger partial charge in [0.15, 0.2) is 0 Å². The minimum Gasteiger partial charge on any atom is -0.396 e. The second kappa shape index (κ2) is 4.33. The van der Waals surface area contributed by atoms with Crippen LogP contribution in [0.2, 0.25) is 0 Å². The maximum atomic E-state index is 9.16. The van der Waals surface area contributed by atoms with E-state index in [0.717, 1.165) is 5.00 Å². The first-order valence-corrected chi connectivity index (χ1v) is 4.30. The van der Waals surface area contributed by atoms with Crippen molar-refractivity contribution in [3.8, 4) is 0 Å². The summed E-state index contributed by atoms with van der Waals surface area (Å²) in [5, 5.41) is 23.3. The van der Waals surface area contributed by atoms with Crippen LogP contribution in [-0.4, -0.2) is 23.0 Å². The molecule has 0 aliphatic rings. The van der Waals surface area contributed by atoms with Crippen LogP contribution >= 0.6 is 11.3 Å². The fraction of sp³-hybridized carbons (Fsp3) is 0.429. The molecule has 0 spiro atoms. The molecule has 1 aromatic heterocycles. The number of hydrogen-bond donors (Lipinski definition) is 3. The van der Waals surface area contributed by atoms with Crippen molar-refractivity contribution in [2.24, 2.45) is 0 Å². The number of nitrogens with one attached hydrogen (secondary N) is 1. The number of thiophene rings is 1. The van der Waals surface area contributed by atoms with E-state index in [1.165, 1.54) is 11.3 Å². The smallest absolute Gasteiger partial charge is 0.127 e. The van der Waals surface area contributed by atoms with Gasteiger partial charge in [-0.25, -0.2) is 0 Å². The van der Waals surface area contributed by atoms with Crippen molar-refractivity contribution in [1.82, 2.24) is 0 Å². The summed E-state index contributed by atoms with van der Waals surface area (Å²) < 4.78 is 0. The molecular formula is C7H11NO2S. The normalized spacial score (nSPS) is 12.9. The lowest BCUT2D eigenvalue weighted by Gasteiger charge is -2.09. The fourth-order valence-electron chi connectivity index (χ4n) is 0.719. The topological polar surface area (TPSA) is 52.5 Å². The maximum absolute atomic E-state index is 9.16. The van der Waals surface area contributed by atoms with Gasteiger partial charge in [-0.3, -0.25) is 0 Å². The predicted octanol–water partition coefficient (Wildman–Crippen LogP) is 0.861. The summed E-state index contributed by atoms with van der Waals surface area (Å²) in [6, 6.07) is 3.78. The molecule has 0 amide bonds. The molecule has 4 heteroatoms. The summed E-state index contributed by atoms with van der Waals surface area (Å²) in [5.74, 6) is 0. The van der Waals surface area contributed by atoms with E-state index in [-0.39, 0.29) is 6.61 Å². The second-order valence-corrected chi connectivity index (χ2v) is 3.10. The van der Waals surface area contributed by atoms with Gasteiger partial charge in [0.1, 0.15) is 6.23 Å². The number of anilines is 1. The van der Waals surface area contributed by atoms with Crippen LogP contribution in [0.25, 0.3) is 0 Å². The van der Waals surface area contributed by atoms with Crippen LogP contribution in [0, 0.1) is 0 Å². The molecule has 0 saturated heterocycles. The van der Waals surface area contributed by atoms with E-state index in [9.17, 15) is 0 Å². The first kappa shape index (κ1) is 8.52. The highest BCUT2D eigenvalue weighted by Gasteiger charge is 2.01. The Morgan fingerprint density at radius 3 is 3.00 bits per heavy atom. The van der Waals surface area contributed by atoms with Gasteiger partial charge in [0, 0.05) is 13.0 Å². The van der Waals surface area contributed by atoms with Gasteiger partial charge in [0.25, 0.3) is 0 Å². The minimum atomic E-state index is -0.640. The van der Waals surface area contributed by atoms with Crippen molar-refractivity contribution < 1.29 is 10.2 Å². The standard InChI is InChI=1S/C7H11NO2S/c9-4-3-6(10)8-7-2-1-5-11-7/h1-2,5-6,8-10H,3-4H2. The van der Waals surface area contributed by atoms with Crippen LogP contribution in [0.3, 0.4) is 0 Å². The van der Waals surface area contributed by atoms with E-state index in [1.807, 2.05) is 17.5 Å². The molecule has 0 radical (unpaired) electrons. The van der Waals surface area contributed by atoms with Crippen molar-refractivity contribution in [2.45, 2.75) is 12.6 Å². The Morgan fingerprint density at radius 1 is 1.64 bits per heavy atom. The monoisotopic (exact) mass is 173 g/mol. The van der Waals surface area contributed by atoms with E-state index in [1.54, 1.807) is 0 Å². The first-order chi connectivity index (χ1) is 5.33. The zero-order valence-electron chi connectivity index (χ0n) is 6.03. The van der Waals surface area contributed by atoms with Gasteiger partial charge in [-0.2, -0.15) is 0 Å². The molecule has 3 nitrogen and oxygen atoms in total.